The molecular weight excluding hydrogens is 565 g/mol. The number of para-hydroxylation sites is 1. The van der Waals surface area contributed by atoms with Crippen molar-refractivity contribution in [1.82, 2.24) is 20.4 Å². The first-order valence-electron chi connectivity index (χ1n) is 12.5. The highest BCUT2D eigenvalue weighted by atomic mass is 19.1. The summed E-state index contributed by atoms with van der Waals surface area (Å²) in [4.78, 5) is 75.6. The van der Waals surface area contributed by atoms with E-state index in [9.17, 15) is 38.9 Å². The number of nitrogens with zero attached hydrogens (tertiary/aromatic N) is 2. The maximum atomic E-state index is 15.1. The molecular formula is C25H23BF2N4O10. The molecule has 2 aromatic carbocycles. The lowest BCUT2D eigenvalue weighted by Gasteiger charge is -2.33. The Morgan fingerprint density at radius 2 is 1.74 bits per heavy atom. The molecule has 0 radical (unpaired) electrons. The van der Waals surface area contributed by atoms with Crippen LogP contribution < -0.4 is 15.3 Å². The van der Waals surface area contributed by atoms with E-state index < -0.39 is 77.6 Å². The zero-order valence-electron chi connectivity index (χ0n) is 21.8. The van der Waals surface area contributed by atoms with Crippen LogP contribution in [0.15, 0.2) is 30.3 Å². The minimum absolute atomic E-state index is 0.0370. The first kappa shape index (κ1) is 29.9. The number of imide groups is 1. The number of urea groups is 1. The molecule has 1 unspecified atom stereocenters. The van der Waals surface area contributed by atoms with Gasteiger partial charge in [-0.05, 0) is 37.1 Å². The van der Waals surface area contributed by atoms with E-state index in [1.807, 2.05) is 5.32 Å². The van der Waals surface area contributed by atoms with Crippen molar-refractivity contribution in [2.45, 2.75) is 25.3 Å². The number of amides is 5. The van der Waals surface area contributed by atoms with Crippen LogP contribution in [0.2, 0.25) is 0 Å². The Balaban J connectivity index is 1.65. The fourth-order valence-corrected chi connectivity index (χ4v) is 4.61. The second-order valence-electron chi connectivity index (χ2n) is 9.31. The summed E-state index contributed by atoms with van der Waals surface area (Å²) in [7, 11) is -1.83. The third-order valence-corrected chi connectivity index (χ3v) is 6.76. The van der Waals surface area contributed by atoms with Crippen molar-refractivity contribution in [1.29, 1.82) is 0 Å². The van der Waals surface area contributed by atoms with Crippen LogP contribution in [0, 0.1) is 11.6 Å². The van der Waals surface area contributed by atoms with Gasteiger partial charge < -0.3 is 35.4 Å². The highest BCUT2D eigenvalue weighted by Gasteiger charge is 2.42. The smallest absolute Gasteiger partial charge is 0.534 e. The summed E-state index contributed by atoms with van der Waals surface area (Å²) in [5.41, 5.74) is -1.87. The first-order chi connectivity index (χ1) is 19.8. The standard InChI is InChI=1S/C25H23BF2N4O10/c1-2-31-6-7-32(22(35)21(31)34)25(40)30-18(17-14(27)8-12(23(36)37)9-15(17)28)20(33)29-16-10-11-4-3-5-13(24(38)39)19(11)42-26(16)41/h3-5,8-9,16,18,41H,2,6-7,10H2,1H3,(H,29,33)(H,30,40)(H,36,37)(H,38,39)/t16-,18?/m0/s1. The van der Waals surface area contributed by atoms with Gasteiger partial charge in [0.05, 0.1) is 22.6 Å². The molecule has 14 nitrogen and oxygen atoms in total. The minimum atomic E-state index is -2.23. The molecule has 2 atom stereocenters. The first-order valence-corrected chi connectivity index (χ1v) is 12.5. The molecule has 2 aromatic rings. The third-order valence-electron chi connectivity index (χ3n) is 6.76. The monoisotopic (exact) mass is 588 g/mol. The fourth-order valence-electron chi connectivity index (χ4n) is 4.61. The average Bonchev–Trinajstić information content (AvgIpc) is 2.93. The van der Waals surface area contributed by atoms with Crippen LogP contribution >= 0.6 is 0 Å². The van der Waals surface area contributed by atoms with E-state index in [4.69, 9.17) is 9.76 Å². The van der Waals surface area contributed by atoms with Gasteiger partial charge in [0, 0.05) is 19.6 Å². The Morgan fingerprint density at radius 3 is 2.33 bits per heavy atom. The second kappa shape index (κ2) is 11.8. The van der Waals surface area contributed by atoms with Gasteiger partial charge >= 0.3 is 36.9 Å². The van der Waals surface area contributed by atoms with E-state index >= 15 is 8.78 Å². The maximum absolute atomic E-state index is 15.1. The molecule has 2 aliphatic heterocycles. The van der Waals surface area contributed by atoms with Gasteiger partial charge in [0.2, 0.25) is 5.91 Å². The van der Waals surface area contributed by atoms with Crippen LogP contribution in [0.5, 0.6) is 5.75 Å². The number of aromatic carboxylic acids is 2. The molecule has 0 bridgehead atoms. The number of piperazine rings is 1. The number of carbonyl (C=O) groups excluding carboxylic acids is 4. The summed E-state index contributed by atoms with van der Waals surface area (Å²) in [6, 6.07) is 1.37. The topological polar surface area (TPSA) is 203 Å². The number of fused-ring (bicyclic) bond motifs is 1. The molecule has 1 fully saturated rings. The number of hydrogen-bond acceptors (Lipinski definition) is 8. The molecule has 42 heavy (non-hydrogen) atoms. The number of benzene rings is 2. The number of hydrogen-bond donors (Lipinski definition) is 5. The van der Waals surface area contributed by atoms with Gasteiger partial charge in [-0.2, -0.15) is 0 Å². The fraction of sp³-hybridized carbons (Fsp3) is 0.280. The Labute approximate surface area is 236 Å². The SMILES string of the molecule is CCN1CCN(C(=O)NC(C(=O)N[C@H]2Cc3cccc(C(=O)O)c3OB2O)c2c(F)cc(C(=O)O)cc2F)C(=O)C1=O. The van der Waals surface area contributed by atoms with E-state index in [0.29, 0.717) is 17.0 Å². The lowest BCUT2D eigenvalue weighted by atomic mass is 9.72. The molecule has 4 rings (SSSR count). The van der Waals surface area contributed by atoms with Gasteiger partial charge in [-0.1, -0.05) is 12.1 Å². The number of likely N-dealkylation sites (N-methyl/N-ethyl adjacent to an activating group) is 1. The molecule has 2 heterocycles. The quantitative estimate of drug-likeness (QED) is 0.215. The van der Waals surface area contributed by atoms with Crippen LogP contribution in [-0.2, 0) is 20.8 Å². The summed E-state index contributed by atoms with van der Waals surface area (Å²) >= 11 is 0. The lowest BCUT2D eigenvalue weighted by Crippen LogP contribution is -2.60. The Hall–Kier alpha value is -5.06. The van der Waals surface area contributed by atoms with Crippen molar-refractivity contribution in [3.8, 4) is 5.75 Å². The molecule has 0 aromatic heterocycles. The Bertz CT molecular complexity index is 1480. The van der Waals surface area contributed by atoms with Crippen molar-refractivity contribution in [2.75, 3.05) is 19.6 Å². The summed E-state index contributed by atoms with van der Waals surface area (Å²) < 4.78 is 35.5. The average molecular weight is 588 g/mol. The van der Waals surface area contributed by atoms with Gasteiger partial charge in [0.1, 0.15) is 23.4 Å². The number of halogens is 2. The van der Waals surface area contributed by atoms with Crippen LogP contribution in [0.1, 0.15) is 44.8 Å². The van der Waals surface area contributed by atoms with Gasteiger partial charge in [0.15, 0.2) is 0 Å². The molecule has 0 saturated carbocycles. The van der Waals surface area contributed by atoms with Gasteiger partial charge in [-0.25, -0.2) is 23.2 Å². The number of carboxylic acid groups (broad SMARTS) is 2. The second-order valence-corrected chi connectivity index (χ2v) is 9.31. The molecule has 0 aliphatic carbocycles. The van der Waals surface area contributed by atoms with Crippen LogP contribution in [0.25, 0.3) is 0 Å². The zero-order valence-corrected chi connectivity index (χ0v) is 21.8. The largest absolute Gasteiger partial charge is 0.547 e. The number of carbonyl (C=O) groups is 6. The number of nitrogens with one attached hydrogen (secondary N) is 2. The van der Waals surface area contributed by atoms with Crippen LogP contribution in [0.4, 0.5) is 13.6 Å². The number of carboxylic acids is 2. The predicted molar refractivity (Wildman–Crippen MR) is 136 cm³/mol. The lowest BCUT2D eigenvalue weighted by molar-refractivity contribution is -0.153. The van der Waals surface area contributed by atoms with E-state index in [1.165, 1.54) is 23.1 Å². The summed E-state index contributed by atoms with van der Waals surface area (Å²) in [6.07, 6.45) is -0.196. The van der Waals surface area contributed by atoms with Crippen LogP contribution in [0.3, 0.4) is 0 Å². The third kappa shape index (κ3) is 5.71. The molecule has 5 amide bonds. The van der Waals surface area contributed by atoms with E-state index in [2.05, 4.69) is 5.32 Å². The van der Waals surface area contributed by atoms with Crippen LogP contribution in [-0.4, -0.2) is 93.4 Å². The van der Waals surface area contributed by atoms with Crippen molar-refractivity contribution < 1.29 is 57.4 Å². The highest BCUT2D eigenvalue weighted by molar-refractivity contribution is 6.47. The van der Waals surface area contributed by atoms with E-state index in [0.717, 1.165) is 0 Å². The van der Waals surface area contributed by atoms with Gasteiger partial charge in [-0.3, -0.25) is 19.3 Å². The van der Waals surface area contributed by atoms with Crippen molar-refractivity contribution >= 4 is 42.8 Å². The predicted octanol–water partition coefficient (Wildman–Crippen LogP) is -0.0578. The normalized spacial score (nSPS) is 17.2. The highest BCUT2D eigenvalue weighted by Crippen LogP contribution is 2.31. The van der Waals surface area contributed by atoms with Gasteiger partial charge in [-0.15, -0.1) is 0 Å². The Morgan fingerprint density at radius 1 is 1.07 bits per heavy atom. The summed E-state index contributed by atoms with van der Waals surface area (Å²) in [5, 5.41) is 33.3. The molecule has 0 spiro atoms. The molecule has 2 aliphatic rings. The minimum Gasteiger partial charge on any atom is -0.534 e. The Kier molecular flexibility index (Phi) is 8.42. The van der Waals surface area contributed by atoms with Gasteiger partial charge in [0.25, 0.3) is 0 Å². The summed E-state index contributed by atoms with van der Waals surface area (Å²) in [6.45, 7) is 1.46. The molecule has 1 saturated heterocycles. The molecule has 5 N–H and O–H groups in total. The molecule has 17 heteroatoms. The van der Waals surface area contributed by atoms with Crippen molar-refractivity contribution in [2.24, 2.45) is 0 Å². The van der Waals surface area contributed by atoms with E-state index in [-0.39, 0.29) is 42.9 Å². The van der Waals surface area contributed by atoms with E-state index in [1.54, 1.807) is 6.92 Å². The van der Waals surface area contributed by atoms with Crippen molar-refractivity contribution in [3.63, 3.8) is 0 Å². The molecule has 220 valence electrons. The van der Waals surface area contributed by atoms with Crippen molar-refractivity contribution in [3.05, 3.63) is 64.2 Å². The summed E-state index contributed by atoms with van der Waals surface area (Å²) in [5.74, 6) is -11.1. The number of rotatable bonds is 7. The maximum Gasteiger partial charge on any atom is 0.547 e. The zero-order chi connectivity index (χ0) is 30.9.